The fourth-order valence-corrected chi connectivity index (χ4v) is 12.2. The second-order valence-corrected chi connectivity index (χ2v) is 15.7. The first kappa shape index (κ1) is 33.0. The smallest absolute Gasteiger partial charge is 0.154 e. The highest BCUT2D eigenvalue weighted by Crippen LogP contribution is 2.34. The van der Waals surface area contributed by atoms with Crippen LogP contribution in [0.1, 0.15) is 92.9 Å². The van der Waals surface area contributed by atoms with Gasteiger partial charge in [-0.25, -0.2) is 0 Å². The molecule has 0 spiro atoms. The molecule has 0 atom stereocenters. The van der Waals surface area contributed by atoms with Gasteiger partial charge in [0.1, 0.15) is 0 Å². The molecule has 4 nitrogen and oxygen atoms in total. The molecule has 8 heteroatoms. The fourth-order valence-electron chi connectivity index (χ4n) is 3.39. The van der Waals surface area contributed by atoms with Crippen molar-refractivity contribution in [2.24, 2.45) is 0 Å². The molecule has 0 saturated heterocycles. The van der Waals surface area contributed by atoms with E-state index >= 15 is 0 Å². The van der Waals surface area contributed by atoms with Gasteiger partial charge in [0.25, 0.3) is 0 Å². The Morgan fingerprint density at radius 1 is 0.500 bits per heavy atom. The highest BCUT2D eigenvalue weighted by atomic mass is 33.1. The van der Waals surface area contributed by atoms with E-state index in [2.05, 4.69) is 41.5 Å². The molecule has 0 saturated carbocycles. The van der Waals surface area contributed by atoms with Gasteiger partial charge in [-0.05, 0) is 25.7 Å². The molecule has 0 aromatic heterocycles. The van der Waals surface area contributed by atoms with Gasteiger partial charge in [0, 0.05) is 26.4 Å². The summed E-state index contributed by atoms with van der Waals surface area (Å²) in [6.45, 7) is 16.5. The van der Waals surface area contributed by atoms with Crippen LogP contribution in [0.3, 0.4) is 0 Å². The van der Waals surface area contributed by atoms with Crippen LogP contribution in [0.2, 0.25) is 12.1 Å². The van der Waals surface area contributed by atoms with Gasteiger partial charge in [0.2, 0.25) is 0 Å². The quantitative estimate of drug-likeness (QED) is 0.0614. The third-order valence-electron chi connectivity index (χ3n) is 5.24. The highest BCUT2D eigenvalue weighted by Gasteiger charge is 2.34. The summed E-state index contributed by atoms with van der Waals surface area (Å²) in [4.78, 5) is 0. The summed E-state index contributed by atoms with van der Waals surface area (Å²) in [5.74, 6) is 1.84. The van der Waals surface area contributed by atoms with Gasteiger partial charge >= 0.3 is 0 Å². The molecule has 194 valence electrons. The fraction of sp³-hybridized carbons (Fsp3) is 1.00. The summed E-state index contributed by atoms with van der Waals surface area (Å²) in [7, 11) is 2.89. The number of rotatable bonds is 25. The molecule has 0 bridgehead atoms. The summed E-state index contributed by atoms with van der Waals surface area (Å²) in [5.41, 5.74) is -0.647. The van der Waals surface area contributed by atoms with Gasteiger partial charge < -0.3 is 18.9 Å². The van der Waals surface area contributed by atoms with Crippen molar-refractivity contribution in [2.45, 2.75) is 116 Å². The van der Waals surface area contributed by atoms with E-state index in [0.717, 1.165) is 63.6 Å². The van der Waals surface area contributed by atoms with Crippen LogP contribution in [-0.4, -0.2) is 67.8 Å². The van der Waals surface area contributed by atoms with Crippen LogP contribution in [-0.2, 0) is 18.9 Å². The maximum absolute atomic E-state index is 6.42. The van der Waals surface area contributed by atoms with Crippen molar-refractivity contribution < 1.29 is 18.9 Å². The van der Waals surface area contributed by atoms with Crippen LogP contribution in [0.5, 0.6) is 0 Å². The van der Waals surface area contributed by atoms with Crippen LogP contribution in [0.4, 0.5) is 0 Å². The average molecular weight is 527 g/mol. The molecular formula is C24H54O4S2Si2. The first-order valence-electron chi connectivity index (χ1n) is 13.4. The second kappa shape index (κ2) is 22.4. The standard InChI is InChI=1S/C24H54O4S2Si2/c1-7-13-19-31-23(25-15-9-3,26-16-10-4)21-29-30-22-24(27-17-11-5,28-18-12-6)32-20-14-8-2/h7-22,31-32H2,1-6H3. The van der Waals surface area contributed by atoms with Gasteiger partial charge in [0.05, 0.1) is 30.5 Å². The summed E-state index contributed by atoms with van der Waals surface area (Å²) in [5, 5.41) is 0. The van der Waals surface area contributed by atoms with E-state index in [4.69, 9.17) is 18.9 Å². The summed E-state index contributed by atoms with van der Waals surface area (Å²) < 4.78 is 25.7. The topological polar surface area (TPSA) is 36.9 Å². The normalized spacial score (nSPS) is 13.3. The lowest BCUT2D eigenvalue weighted by molar-refractivity contribution is -0.166. The Hall–Kier alpha value is 0.974. The molecule has 0 N–H and O–H groups in total. The molecule has 0 heterocycles. The summed E-state index contributed by atoms with van der Waals surface area (Å²) in [6.07, 6.45) is 9.25. The van der Waals surface area contributed by atoms with Crippen LogP contribution in [0.25, 0.3) is 0 Å². The zero-order chi connectivity index (χ0) is 24.0. The number of unbranched alkanes of at least 4 members (excludes halogenated alkanes) is 2. The van der Waals surface area contributed by atoms with Crippen LogP contribution >= 0.6 is 21.6 Å². The van der Waals surface area contributed by atoms with E-state index in [0.29, 0.717) is 0 Å². The Balaban J connectivity index is 5.10. The van der Waals surface area contributed by atoms with Gasteiger partial charge in [-0.3, -0.25) is 0 Å². The minimum atomic E-state index is -0.471. The van der Waals surface area contributed by atoms with Crippen LogP contribution in [0.15, 0.2) is 0 Å². The maximum atomic E-state index is 6.42. The van der Waals surface area contributed by atoms with E-state index in [1.165, 1.54) is 37.8 Å². The van der Waals surface area contributed by atoms with Gasteiger partial charge in [-0.15, -0.1) is 0 Å². The van der Waals surface area contributed by atoms with Crippen LogP contribution < -0.4 is 0 Å². The van der Waals surface area contributed by atoms with Crippen molar-refractivity contribution in [3.05, 3.63) is 0 Å². The van der Waals surface area contributed by atoms with Crippen molar-refractivity contribution in [2.75, 3.05) is 37.9 Å². The molecule has 0 aliphatic carbocycles. The third kappa shape index (κ3) is 15.8. The molecule has 0 rings (SSSR count). The van der Waals surface area contributed by atoms with E-state index < -0.39 is 19.0 Å². The second-order valence-electron chi connectivity index (χ2n) is 8.65. The monoisotopic (exact) mass is 526 g/mol. The Labute approximate surface area is 212 Å². The van der Waals surface area contributed by atoms with E-state index in [1.54, 1.807) is 0 Å². The molecule has 32 heavy (non-hydrogen) atoms. The molecular weight excluding hydrogens is 473 g/mol. The van der Waals surface area contributed by atoms with E-state index in [1.807, 2.05) is 21.6 Å². The van der Waals surface area contributed by atoms with Gasteiger partial charge in [-0.2, -0.15) is 0 Å². The molecule has 0 aromatic carbocycles. The molecule has 0 unspecified atom stereocenters. The third-order valence-corrected chi connectivity index (χ3v) is 13.0. The Morgan fingerprint density at radius 3 is 1.06 bits per heavy atom. The van der Waals surface area contributed by atoms with Gasteiger partial charge in [-0.1, -0.05) is 101 Å². The highest BCUT2D eigenvalue weighted by molar-refractivity contribution is 8.76. The van der Waals surface area contributed by atoms with Crippen molar-refractivity contribution >= 4 is 40.6 Å². The minimum Gasteiger partial charge on any atom is -0.354 e. The van der Waals surface area contributed by atoms with Crippen LogP contribution in [0, 0.1) is 0 Å². The number of hydrogen-bond donors (Lipinski definition) is 0. The molecule has 0 aromatic rings. The molecule has 0 radical (unpaired) electrons. The molecule has 0 fully saturated rings. The zero-order valence-electron chi connectivity index (χ0n) is 22.2. The predicted molar refractivity (Wildman–Crippen MR) is 152 cm³/mol. The SMILES string of the molecule is CCCC[SiH2]C(CSSCC(OCCC)(OCCC)[SiH2]CCCC)(OCCC)OCCC. The lowest BCUT2D eigenvalue weighted by Crippen LogP contribution is -2.46. The van der Waals surface area contributed by atoms with Crippen molar-refractivity contribution in [1.82, 2.24) is 0 Å². The Bertz CT molecular complexity index is 354. The number of hydrogen-bond acceptors (Lipinski definition) is 6. The first-order valence-corrected chi connectivity index (χ1v) is 19.3. The Morgan fingerprint density at radius 2 is 0.812 bits per heavy atom. The number of ether oxygens (including phenoxy) is 4. The average Bonchev–Trinajstić information content (AvgIpc) is 2.81. The Kier molecular flexibility index (Phi) is 23.1. The zero-order valence-corrected chi connectivity index (χ0v) is 26.6. The summed E-state index contributed by atoms with van der Waals surface area (Å²) >= 11 is 0. The van der Waals surface area contributed by atoms with E-state index in [-0.39, 0.29) is 10.8 Å². The lowest BCUT2D eigenvalue weighted by atomic mass is 10.4. The maximum Gasteiger partial charge on any atom is 0.154 e. The minimum absolute atomic E-state index is 0.324. The van der Waals surface area contributed by atoms with Crippen molar-refractivity contribution in [3.8, 4) is 0 Å². The predicted octanol–water partition coefficient (Wildman–Crippen LogP) is 6.16. The lowest BCUT2D eigenvalue weighted by Gasteiger charge is -2.36. The molecule has 0 amide bonds. The first-order chi connectivity index (χ1) is 15.6. The summed E-state index contributed by atoms with van der Waals surface area (Å²) in [6, 6.07) is 2.59. The molecule has 0 aliphatic heterocycles. The van der Waals surface area contributed by atoms with Crippen molar-refractivity contribution in [1.29, 1.82) is 0 Å². The van der Waals surface area contributed by atoms with Gasteiger partial charge in [0.15, 0.2) is 10.8 Å². The molecule has 0 aliphatic rings. The van der Waals surface area contributed by atoms with Crippen molar-refractivity contribution in [3.63, 3.8) is 0 Å². The largest absolute Gasteiger partial charge is 0.354 e. The van der Waals surface area contributed by atoms with E-state index in [9.17, 15) is 0 Å².